The molecule has 60 heavy (non-hydrogen) atoms. The Morgan fingerprint density at radius 2 is 1.52 bits per heavy atom. The highest BCUT2D eigenvalue weighted by Crippen LogP contribution is 2.53. The Kier molecular flexibility index (Phi) is 9.20. The number of fused-ring (bicyclic) bond motifs is 6. The maximum absolute atomic E-state index is 7.08. The number of allylic oxidation sites excluding steroid dienone is 19. The standard InChI is InChI=1S/C55H54N4O/c1-3-14-37(15-4-1)53-56-54(38-16-5-2-6-17-38)58-55(57-53)39-28-26-35(27-29-39)41-22-13-25-50-51(41)47-34-46(42-18-7-8-21-45(42)52(47)60-50)36-30-32-40(33-31-36)59-48-23-11-9-19-43(48)44-20-10-12-24-49(44)59/h3,5,8-11,13-17,19-23,25-26,28,30-32,34,40,43,47-48,50-53H,1-2,4,6-7,12,18,24,27,29,33H2,(H,56,57,58). The van der Waals surface area contributed by atoms with Crippen molar-refractivity contribution in [3.63, 3.8) is 0 Å². The van der Waals surface area contributed by atoms with Gasteiger partial charge in [-0.15, -0.1) is 0 Å². The first-order chi connectivity index (χ1) is 29.7. The summed E-state index contributed by atoms with van der Waals surface area (Å²) in [6.07, 6.45) is 66.0. The summed E-state index contributed by atoms with van der Waals surface area (Å²) in [4.78, 5) is 13.2. The summed E-state index contributed by atoms with van der Waals surface area (Å²) in [6, 6.07) is 0.794. The second-order valence-corrected chi connectivity index (χ2v) is 18.1. The van der Waals surface area contributed by atoms with Crippen LogP contribution in [0.4, 0.5) is 0 Å². The van der Waals surface area contributed by atoms with Crippen molar-refractivity contribution in [1.29, 1.82) is 0 Å². The zero-order chi connectivity index (χ0) is 39.6. The highest BCUT2D eigenvalue weighted by molar-refractivity contribution is 6.14. The normalized spacial score (nSPS) is 34.5. The minimum absolute atomic E-state index is 0.0642. The molecular formula is C55H54N4O. The fraction of sp³-hybridized carbons (Fsp3) is 0.345. The number of amidine groups is 2. The maximum Gasteiger partial charge on any atom is 0.155 e. The summed E-state index contributed by atoms with van der Waals surface area (Å²) < 4.78 is 7.08. The van der Waals surface area contributed by atoms with Crippen LogP contribution in [0.3, 0.4) is 0 Å². The van der Waals surface area contributed by atoms with Gasteiger partial charge < -0.3 is 15.0 Å². The van der Waals surface area contributed by atoms with Gasteiger partial charge in [0.05, 0.1) is 24.3 Å². The molecule has 3 aliphatic heterocycles. The molecule has 3 heterocycles. The molecule has 1 fully saturated rings. The van der Waals surface area contributed by atoms with Crippen molar-refractivity contribution < 1.29 is 4.74 Å². The lowest BCUT2D eigenvalue weighted by atomic mass is 9.68. The molecule has 12 rings (SSSR count). The smallest absolute Gasteiger partial charge is 0.155 e. The second kappa shape index (κ2) is 15.2. The van der Waals surface area contributed by atoms with Crippen molar-refractivity contribution in [1.82, 2.24) is 10.2 Å². The van der Waals surface area contributed by atoms with Crippen molar-refractivity contribution in [2.24, 2.45) is 27.7 Å². The average Bonchev–Trinajstić information content (AvgIpc) is 3.88. The van der Waals surface area contributed by atoms with Gasteiger partial charge in [-0.2, -0.15) is 0 Å². The molecule has 0 radical (unpaired) electrons. The van der Waals surface area contributed by atoms with E-state index < -0.39 is 0 Å². The van der Waals surface area contributed by atoms with E-state index in [0.29, 0.717) is 18.0 Å². The fourth-order valence-corrected chi connectivity index (χ4v) is 11.9. The number of ether oxygens (including phenoxy) is 1. The molecule has 9 aliphatic carbocycles. The summed E-state index contributed by atoms with van der Waals surface area (Å²) in [7, 11) is 0. The predicted octanol–water partition coefficient (Wildman–Crippen LogP) is 11.3. The van der Waals surface area contributed by atoms with Crippen LogP contribution in [0.1, 0.15) is 70.6 Å². The first-order valence-corrected chi connectivity index (χ1v) is 22.9. The van der Waals surface area contributed by atoms with Crippen molar-refractivity contribution >= 4 is 11.7 Å². The Hall–Kier alpha value is -5.52. The predicted molar refractivity (Wildman–Crippen MR) is 245 cm³/mol. The molecule has 0 aromatic carbocycles. The molecule has 0 bridgehead atoms. The Labute approximate surface area is 355 Å². The highest BCUT2D eigenvalue weighted by Gasteiger charge is 2.49. The van der Waals surface area contributed by atoms with Gasteiger partial charge in [0.25, 0.3) is 0 Å². The van der Waals surface area contributed by atoms with Gasteiger partial charge in [0, 0.05) is 29.0 Å². The van der Waals surface area contributed by atoms with Crippen LogP contribution in [0.5, 0.6) is 0 Å². The van der Waals surface area contributed by atoms with E-state index >= 15 is 0 Å². The van der Waals surface area contributed by atoms with E-state index in [1.807, 2.05) is 0 Å². The summed E-state index contributed by atoms with van der Waals surface area (Å²) in [5.41, 5.74) is 15.3. The van der Waals surface area contributed by atoms with E-state index in [-0.39, 0.29) is 30.2 Å². The van der Waals surface area contributed by atoms with Crippen LogP contribution in [0.15, 0.2) is 211 Å². The molecule has 1 saturated heterocycles. The number of hydrogen-bond acceptors (Lipinski definition) is 5. The molecule has 0 aromatic rings. The minimum Gasteiger partial charge on any atom is -0.365 e. The quantitative estimate of drug-likeness (QED) is 0.292. The van der Waals surface area contributed by atoms with Crippen LogP contribution < -0.4 is 5.32 Å². The molecule has 8 unspecified atom stereocenters. The van der Waals surface area contributed by atoms with Gasteiger partial charge in [0.1, 0.15) is 12.0 Å². The Balaban J connectivity index is 0.834. The zero-order valence-corrected chi connectivity index (χ0v) is 34.4. The summed E-state index contributed by atoms with van der Waals surface area (Å²) >= 11 is 0. The maximum atomic E-state index is 7.08. The SMILES string of the molecule is C1=CC2OC3C4=C(CCC=C4)C(C4=CCC(N5C6=C(C=CCC6)C6C=CC=CC65)C=C4)=CC3C2C(C2=CC=C(C3=NC(C4=CCCC=C4)NC(C4=CCCC=C4)=N3)CC2)=C1. The Morgan fingerprint density at radius 3 is 2.35 bits per heavy atom. The molecule has 12 aliphatic rings. The topological polar surface area (TPSA) is 49.2 Å². The number of nitrogens with zero attached hydrogens (tertiary/aromatic N) is 3. The minimum atomic E-state index is -0.120. The van der Waals surface area contributed by atoms with Crippen LogP contribution >= 0.6 is 0 Å². The van der Waals surface area contributed by atoms with E-state index in [0.717, 1.165) is 82.3 Å². The monoisotopic (exact) mass is 786 g/mol. The van der Waals surface area contributed by atoms with Crippen LogP contribution in [-0.2, 0) is 4.74 Å². The van der Waals surface area contributed by atoms with Gasteiger partial charge in [-0.25, -0.2) is 9.98 Å². The lowest BCUT2D eigenvalue weighted by Gasteiger charge is -2.38. The van der Waals surface area contributed by atoms with Crippen molar-refractivity contribution in [3.05, 3.63) is 201 Å². The summed E-state index contributed by atoms with van der Waals surface area (Å²) in [5, 5.41) is 3.67. The molecule has 8 atom stereocenters. The molecule has 0 saturated carbocycles. The van der Waals surface area contributed by atoms with Crippen LogP contribution in [0, 0.1) is 17.8 Å². The van der Waals surface area contributed by atoms with Gasteiger partial charge in [-0.3, -0.25) is 0 Å². The third kappa shape index (κ3) is 6.22. The van der Waals surface area contributed by atoms with Gasteiger partial charge >= 0.3 is 0 Å². The fourth-order valence-electron chi connectivity index (χ4n) is 11.9. The first kappa shape index (κ1) is 36.3. The third-order valence-corrected chi connectivity index (χ3v) is 14.7. The zero-order valence-electron chi connectivity index (χ0n) is 34.4. The van der Waals surface area contributed by atoms with Crippen LogP contribution in [0.2, 0.25) is 0 Å². The van der Waals surface area contributed by atoms with Crippen molar-refractivity contribution in [2.75, 3.05) is 0 Å². The third-order valence-electron chi connectivity index (χ3n) is 14.7. The summed E-state index contributed by atoms with van der Waals surface area (Å²) in [5.74, 6) is 2.83. The van der Waals surface area contributed by atoms with E-state index in [2.05, 4.69) is 150 Å². The van der Waals surface area contributed by atoms with Crippen LogP contribution in [0.25, 0.3) is 0 Å². The van der Waals surface area contributed by atoms with Gasteiger partial charge in [-0.05, 0) is 121 Å². The Morgan fingerprint density at radius 1 is 0.683 bits per heavy atom. The Bertz CT molecular complexity index is 2520. The van der Waals surface area contributed by atoms with Gasteiger partial charge in [-0.1, -0.05) is 140 Å². The van der Waals surface area contributed by atoms with Crippen molar-refractivity contribution in [2.45, 2.75) is 101 Å². The largest absolute Gasteiger partial charge is 0.365 e. The molecule has 0 spiro atoms. The van der Waals surface area contributed by atoms with E-state index in [1.165, 1.54) is 55.7 Å². The summed E-state index contributed by atoms with van der Waals surface area (Å²) in [6.45, 7) is 0. The van der Waals surface area contributed by atoms with Gasteiger partial charge in [0.15, 0.2) is 5.84 Å². The van der Waals surface area contributed by atoms with E-state index in [1.54, 1.807) is 5.70 Å². The lowest BCUT2D eigenvalue weighted by Crippen LogP contribution is -2.40. The first-order valence-electron chi connectivity index (χ1n) is 22.9. The number of nitrogens with one attached hydrogen (secondary N) is 1. The second-order valence-electron chi connectivity index (χ2n) is 18.1. The highest BCUT2D eigenvalue weighted by atomic mass is 16.5. The van der Waals surface area contributed by atoms with Crippen LogP contribution in [-0.4, -0.2) is 47.0 Å². The molecule has 0 amide bonds. The molecule has 300 valence electrons. The molecular weight excluding hydrogens is 733 g/mol. The van der Waals surface area contributed by atoms with E-state index in [9.17, 15) is 0 Å². The van der Waals surface area contributed by atoms with Crippen molar-refractivity contribution in [3.8, 4) is 0 Å². The molecule has 5 heteroatoms. The van der Waals surface area contributed by atoms with E-state index in [4.69, 9.17) is 14.7 Å². The molecule has 1 N–H and O–H groups in total. The number of rotatable bonds is 6. The number of hydrogen-bond donors (Lipinski definition) is 1. The molecule has 5 nitrogen and oxygen atoms in total. The van der Waals surface area contributed by atoms with Gasteiger partial charge in [0.2, 0.25) is 0 Å². The molecule has 0 aromatic heterocycles. The number of aliphatic imine (C=N–C) groups is 2. The lowest BCUT2D eigenvalue weighted by molar-refractivity contribution is 0.0817. The average molecular weight is 787 g/mol.